The molecule has 1 aromatic heterocycles. The molecule has 1 amide bonds. The minimum atomic E-state index is -4.59. The number of alkyl halides is 3. The molecule has 0 fully saturated rings. The monoisotopic (exact) mass is 529 g/mol. The number of nitrogens with one attached hydrogen (secondary N) is 2. The number of rotatable bonds is 6. The number of pyridine rings is 1. The summed E-state index contributed by atoms with van der Waals surface area (Å²) in [5, 5.41) is 2.45. The number of anilines is 1. The summed E-state index contributed by atoms with van der Waals surface area (Å²) in [6, 6.07) is 11.1. The van der Waals surface area contributed by atoms with Crippen molar-refractivity contribution in [1.82, 2.24) is 10.3 Å². The summed E-state index contributed by atoms with van der Waals surface area (Å²) in [7, 11) is -2.68. The number of nitrogens with zero attached hydrogens (tertiary/aromatic N) is 1. The van der Waals surface area contributed by atoms with Gasteiger partial charge in [-0.15, -0.1) is 0 Å². The summed E-state index contributed by atoms with van der Waals surface area (Å²) in [5.41, 5.74) is -0.637. The molecule has 0 unspecified atom stereocenters. The topological polar surface area (TPSA) is 97.4 Å². The molecule has 0 aliphatic heterocycles. The Hall–Kier alpha value is -3.12. The number of carbonyl (C=O) groups excluding carboxylic acids is 1. The predicted octanol–water partition coefficient (Wildman–Crippen LogP) is 4.82. The molecule has 32 heavy (non-hydrogen) atoms. The van der Waals surface area contributed by atoms with Crippen molar-refractivity contribution in [2.24, 2.45) is 0 Å². The molecule has 12 heteroatoms. The summed E-state index contributed by atoms with van der Waals surface area (Å²) >= 11 is 2.89. The standard InChI is InChI=1S/C20H15BrF3N3O4S/c1-25-19(28)17-11-15(8-9-26-17)31-14-5-3-13(4-6-14)27-32(29,30)18-7-2-12(10-16(18)21)20(22,23)24/h2-11,27H,1H3,(H,25,28). The molecule has 0 aliphatic rings. The summed E-state index contributed by atoms with van der Waals surface area (Å²) in [5.74, 6) is 0.327. The molecule has 0 spiro atoms. The zero-order valence-corrected chi connectivity index (χ0v) is 18.7. The van der Waals surface area contributed by atoms with Gasteiger partial charge in [-0.3, -0.25) is 14.5 Å². The lowest BCUT2D eigenvalue weighted by Gasteiger charge is -2.13. The van der Waals surface area contributed by atoms with Crippen molar-refractivity contribution in [2.45, 2.75) is 11.1 Å². The maximum Gasteiger partial charge on any atom is 0.416 e. The van der Waals surface area contributed by atoms with E-state index >= 15 is 0 Å². The van der Waals surface area contributed by atoms with Gasteiger partial charge in [0, 0.05) is 29.5 Å². The minimum Gasteiger partial charge on any atom is -0.457 e. The lowest BCUT2D eigenvalue weighted by Crippen LogP contribution is -2.18. The quantitative estimate of drug-likeness (QED) is 0.477. The molecule has 0 atom stereocenters. The van der Waals surface area contributed by atoms with Crippen LogP contribution in [0.2, 0.25) is 0 Å². The third-order valence-corrected chi connectivity index (χ3v) is 6.44. The van der Waals surface area contributed by atoms with E-state index in [0.29, 0.717) is 23.6 Å². The Kier molecular flexibility index (Phi) is 6.74. The van der Waals surface area contributed by atoms with E-state index in [-0.39, 0.29) is 26.7 Å². The molecule has 0 aliphatic carbocycles. The average Bonchev–Trinajstić information content (AvgIpc) is 2.73. The van der Waals surface area contributed by atoms with Crippen LogP contribution in [0.15, 0.2) is 70.2 Å². The summed E-state index contributed by atoms with van der Waals surface area (Å²) < 4.78 is 71.3. The van der Waals surface area contributed by atoms with Gasteiger partial charge in [-0.05, 0) is 64.5 Å². The van der Waals surface area contributed by atoms with Crippen LogP contribution in [-0.2, 0) is 16.2 Å². The van der Waals surface area contributed by atoms with Crippen molar-refractivity contribution in [3.05, 3.63) is 76.5 Å². The molecule has 0 saturated heterocycles. The first kappa shape index (κ1) is 23.5. The highest BCUT2D eigenvalue weighted by Crippen LogP contribution is 2.34. The summed E-state index contributed by atoms with van der Waals surface area (Å²) in [6.07, 6.45) is -3.19. The molecule has 0 bridgehead atoms. The van der Waals surface area contributed by atoms with Gasteiger partial charge in [0.15, 0.2) is 0 Å². The molecule has 3 aromatic rings. The normalized spacial score (nSPS) is 11.7. The van der Waals surface area contributed by atoms with E-state index in [2.05, 4.69) is 31.0 Å². The predicted molar refractivity (Wildman–Crippen MR) is 114 cm³/mol. The van der Waals surface area contributed by atoms with Crippen LogP contribution in [0.5, 0.6) is 11.5 Å². The molecular formula is C20H15BrF3N3O4S. The SMILES string of the molecule is CNC(=O)c1cc(Oc2ccc(NS(=O)(=O)c3ccc(C(F)(F)F)cc3Br)cc2)ccn1. The van der Waals surface area contributed by atoms with Crippen LogP contribution in [0, 0.1) is 0 Å². The Balaban J connectivity index is 1.75. The fourth-order valence-corrected chi connectivity index (χ4v) is 4.70. The second kappa shape index (κ2) is 9.17. The largest absolute Gasteiger partial charge is 0.457 e. The number of halogens is 4. The van der Waals surface area contributed by atoms with Crippen LogP contribution >= 0.6 is 15.9 Å². The number of amides is 1. The highest BCUT2D eigenvalue weighted by molar-refractivity contribution is 9.10. The first-order valence-corrected chi connectivity index (χ1v) is 11.1. The smallest absolute Gasteiger partial charge is 0.416 e. The fourth-order valence-electron chi connectivity index (χ4n) is 2.56. The van der Waals surface area contributed by atoms with Crippen molar-refractivity contribution < 1.29 is 31.1 Å². The van der Waals surface area contributed by atoms with Crippen molar-refractivity contribution in [3.63, 3.8) is 0 Å². The lowest BCUT2D eigenvalue weighted by atomic mass is 10.2. The third-order valence-electron chi connectivity index (χ3n) is 4.08. The van der Waals surface area contributed by atoms with Gasteiger partial charge in [0.05, 0.1) is 5.56 Å². The van der Waals surface area contributed by atoms with E-state index < -0.39 is 21.8 Å². The molecule has 2 aromatic carbocycles. The maximum atomic E-state index is 12.8. The number of ether oxygens (including phenoxy) is 1. The number of hydrogen-bond donors (Lipinski definition) is 2. The Morgan fingerprint density at radius 3 is 2.31 bits per heavy atom. The van der Waals surface area contributed by atoms with E-state index in [1.165, 1.54) is 43.6 Å². The third kappa shape index (κ3) is 5.56. The van der Waals surface area contributed by atoms with Gasteiger partial charge in [-0.1, -0.05) is 0 Å². The second-order valence-electron chi connectivity index (χ2n) is 6.33. The van der Waals surface area contributed by atoms with Crippen LogP contribution in [0.3, 0.4) is 0 Å². The van der Waals surface area contributed by atoms with Crippen LogP contribution in [0.25, 0.3) is 0 Å². The maximum absolute atomic E-state index is 12.8. The van der Waals surface area contributed by atoms with Gasteiger partial charge in [-0.2, -0.15) is 13.2 Å². The lowest BCUT2D eigenvalue weighted by molar-refractivity contribution is -0.137. The first-order valence-electron chi connectivity index (χ1n) is 8.85. The van der Waals surface area contributed by atoms with E-state index in [0.717, 1.165) is 6.07 Å². The van der Waals surface area contributed by atoms with Gasteiger partial charge in [0.2, 0.25) is 0 Å². The van der Waals surface area contributed by atoms with Crippen molar-refractivity contribution in [3.8, 4) is 11.5 Å². The Labute approximate surface area is 189 Å². The summed E-state index contributed by atoms with van der Waals surface area (Å²) in [6.45, 7) is 0. The van der Waals surface area contributed by atoms with Gasteiger partial charge in [-0.25, -0.2) is 8.42 Å². The number of hydrogen-bond acceptors (Lipinski definition) is 5. The Morgan fingerprint density at radius 2 is 1.72 bits per heavy atom. The van der Waals surface area contributed by atoms with E-state index in [4.69, 9.17) is 4.74 Å². The number of sulfonamides is 1. The van der Waals surface area contributed by atoms with Gasteiger partial charge in [0.25, 0.3) is 15.9 Å². The fraction of sp³-hybridized carbons (Fsp3) is 0.100. The number of carbonyl (C=O) groups is 1. The molecule has 168 valence electrons. The molecule has 0 radical (unpaired) electrons. The number of aromatic nitrogens is 1. The van der Waals surface area contributed by atoms with Crippen LogP contribution in [0.1, 0.15) is 16.1 Å². The highest BCUT2D eigenvalue weighted by atomic mass is 79.9. The zero-order chi connectivity index (χ0) is 23.5. The molecular weight excluding hydrogens is 515 g/mol. The molecule has 2 N–H and O–H groups in total. The van der Waals surface area contributed by atoms with Crippen molar-refractivity contribution in [1.29, 1.82) is 0 Å². The first-order chi connectivity index (χ1) is 15.0. The van der Waals surface area contributed by atoms with Gasteiger partial charge in [0.1, 0.15) is 22.1 Å². The number of benzene rings is 2. The molecule has 3 rings (SSSR count). The molecule has 1 heterocycles. The van der Waals surface area contributed by atoms with E-state index in [1.807, 2.05) is 0 Å². The van der Waals surface area contributed by atoms with Crippen LogP contribution < -0.4 is 14.8 Å². The van der Waals surface area contributed by atoms with Crippen molar-refractivity contribution in [2.75, 3.05) is 11.8 Å². The zero-order valence-electron chi connectivity index (χ0n) is 16.3. The second-order valence-corrected chi connectivity index (χ2v) is 8.84. The van der Waals surface area contributed by atoms with Gasteiger partial charge < -0.3 is 10.1 Å². The van der Waals surface area contributed by atoms with E-state index in [1.54, 1.807) is 6.07 Å². The van der Waals surface area contributed by atoms with Gasteiger partial charge >= 0.3 is 6.18 Å². The average molecular weight is 530 g/mol. The van der Waals surface area contributed by atoms with Crippen LogP contribution in [-0.4, -0.2) is 26.4 Å². The minimum absolute atomic E-state index is 0.163. The van der Waals surface area contributed by atoms with Crippen LogP contribution in [0.4, 0.5) is 18.9 Å². The summed E-state index contributed by atoms with van der Waals surface area (Å²) in [4.78, 5) is 15.2. The molecule has 0 saturated carbocycles. The highest BCUT2D eigenvalue weighted by Gasteiger charge is 2.32. The van der Waals surface area contributed by atoms with E-state index in [9.17, 15) is 26.4 Å². The van der Waals surface area contributed by atoms with Crippen molar-refractivity contribution >= 4 is 37.5 Å². The Bertz CT molecular complexity index is 1250. The Morgan fingerprint density at radius 1 is 1.03 bits per heavy atom. The molecule has 7 nitrogen and oxygen atoms in total.